The number of hydrazone groups is 1. The van der Waals surface area contributed by atoms with Crippen LogP contribution in [0.15, 0.2) is 53.6 Å². The summed E-state index contributed by atoms with van der Waals surface area (Å²) in [6, 6.07) is 16.9. The van der Waals surface area contributed by atoms with E-state index in [1.165, 1.54) is 11.1 Å². The zero-order chi connectivity index (χ0) is 18.6. The van der Waals surface area contributed by atoms with Gasteiger partial charge in [0.25, 0.3) is 0 Å². The molecule has 3 nitrogen and oxygen atoms in total. The molecule has 0 aromatic heterocycles. The van der Waals surface area contributed by atoms with Crippen LogP contribution in [0.1, 0.15) is 37.5 Å². The Morgan fingerprint density at radius 1 is 1.04 bits per heavy atom. The second-order valence-electron chi connectivity index (χ2n) is 8.09. The number of benzene rings is 2. The molecule has 1 aliphatic rings. The van der Waals surface area contributed by atoms with Crippen molar-refractivity contribution in [3.05, 3.63) is 70.2 Å². The molecule has 138 valence electrons. The third-order valence-corrected chi connectivity index (χ3v) is 5.36. The van der Waals surface area contributed by atoms with E-state index in [1.807, 2.05) is 18.3 Å². The lowest BCUT2D eigenvalue weighted by Gasteiger charge is -2.30. The second kappa shape index (κ2) is 8.24. The molecule has 0 radical (unpaired) electrons. The summed E-state index contributed by atoms with van der Waals surface area (Å²) in [4.78, 5) is 1.57. The van der Waals surface area contributed by atoms with Gasteiger partial charge < -0.3 is 4.90 Å². The first-order valence-electron chi connectivity index (χ1n) is 9.38. The maximum atomic E-state index is 6.28. The Hall–Kier alpha value is -1.84. The van der Waals surface area contributed by atoms with E-state index >= 15 is 0 Å². The van der Waals surface area contributed by atoms with Crippen LogP contribution in [-0.2, 0) is 12.0 Å². The van der Waals surface area contributed by atoms with Gasteiger partial charge in [-0.2, -0.15) is 5.10 Å². The average molecular weight is 371 g/mol. The van der Waals surface area contributed by atoms with Crippen molar-refractivity contribution in [2.45, 2.75) is 32.7 Å². The number of piperazine rings is 1. The zero-order valence-electron chi connectivity index (χ0n) is 16.0. The predicted octanol–water partition coefficient (Wildman–Crippen LogP) is 3.37. The van der Waals surface area contributed by atoms with E-state index in [1.54, 1.807) is 4.90 Å². The quantitative estimate of drug-likeness (QED) is 0.818. The van der Waals surface area contributed by atoms with Gasteiger partial charge in [0.15, 0.2) is 0 Å². The van der Waals surface area contributed by atoms with Crippen molar-refractivity contribution < 1.29 is 4.90 Å². The first-order chi connectivity index (χ1) is 12.4. The molecule has 0 unspecified atom stereocenters. The fourth-order valence-electron chi connectivity index (χ4n) is 3.23. The highest BCUT2D eigenvalue weighted by atomic mass is 35.5. The highest BCUT2D eigenvalue weighted by Gasteiger charge is 2.19. The lowest BCUT2D eigenvalue weighted by Crippen LogP contribution is -3.13. The van der Waals surface area contributed by atoms with Crippen LogP contribution in [0.3, 0.4) is 0 Å². The molecule has 1 saturated heterocycles. The van der Waals surface area contributed by atoms with Crippen LogP contribution in [-0.4, -0.2) is 37.4 Å². The maximum absolute atomic E-state index is 6.28. The number of halogens is 1. The number of hydrogen-bond acceptors (Lipinski definition) is 2. The van der Waals surface area contributed by atoms with Crippen LogP contribution in [0.25, 0.3) is 0 Å². The normalized spacial score (nSPS) is 16.4. The molecule has 26 heavy (non-hydrogen) atoms. The highest BCUT2D eigenvalue weighted by Crippen LogP contribution is 2.21. The van der Waals surface area contributed by atoms with Gasteiger partial charge in [0.1, 0.15) is 6.54 Å². The van der Waals surface area contributed by atoms with Crippen LogP contribution in [0.2, 0.25) is 5.02 Å². The van der Waals surface area contributed by atoms with Gasteiger partial charge in [0, 0.05) is 10.6 Å². The van der Waals surface area contributed by atoms with Gasteiger partial charge in [-0.05, 0) is 22.6 Å². The molecule has 1 fully saturated rings. The maximum Gasteiger partial charge on any atom is 0.104 e. The van der Waals surface area contributed by atoms with E-state index in [0.29, 0.717) is 0 Å². The van der Waals surface area contributed by atoms with Gasteiger partial charge in [0.05, 0.1) is 32.4 Å². The third kappa shape index (κ3) is 5.09. The summed E-state index contributed by atoms with van der Waals surface area (Å²) in [6.07, 6.45) is 1.98. The molecule has 0 aliphatic carbocycles. The summed E-state index contributed by atoms with van der Waals surface area (Å²) in [5.41, 5.74) is 3.94. The van der Waals surface area contributed by atoms with E-state index in [0.717, 1.165) is 43.3 Å². The molecule has 1 N–H and O–H groups in total. The minimum absolute atomic E-state index is 0.191. The summed E-state index contributed by atoms with van der Waals surface area (Å²) >= 11 is 6.28. The van der Waals surface area contributed by atoms with Gasteiger partial charge in [-0.3, -0.25) is 5.01 Å². The molecule has 0 bridgehead atoms. The molecule has 0 atom stereocenters. The standard InChI is InChI=1S/C22H28ClN3/c1-22(2,3)20-10-8-18(9-11-20)16-24-26-14-12-25(13-15-26)17-19-6-4-5-7-21(19)23/h4-11,16H,12-15,17H2,1-3H3/p+1/b24-16+. The Morgan fingerprint density at radius 2 is 1.69 bits per heavy atom. The Labute approximate surface area is 162 Å². The molecule has 3 rings (SSSR count). The monoisotopic (exact) mass is 370 g/mol. The van der Waals surface area contributed by atoms with Crippen LogP contribution >= 0.6 is 11.6 Å². The summed E-state index contributed by atoms with van der Waals surface area (Å²) in [5.74, 6) is 0. The van der Waals surface area contributed by atoms with Crippen molar-refractivity contribution in [3.63, 3.8) is 0 Å². The van der Waals surface area contributed by atoms with E-state index in [2.05, 4.69) is 67.3 Å². The minimum Gasteiger partial charge on any atom is -0.328 e. The van der Waals surface area contributed by atoms with Gasteiger partial charge in [-0.15, -0.1) is 0 Å². The number of nitrogens with zero attached hydrogens (tertiary/aromatic N) is 2. The van der Waals surface area contributed by atoms with Crippen molar-refractivity contribution >= 4 is 17.8 Å². The zero-order valence-corrected chi connectivity index (χ0v) is 16.8. The molecule has 1 heterocycles. The SMILES string of the molecule is CC(C)(C)c1ccc(/C=N/N2CC[NH+](Cc3ccccc3Cl)CC2)cc1. The van der Waals surface area contributed by atoms with E-state index in [-0.39, 0.29) is 5.41 Å². The average Bonchev–Trinajstić information content (AvgIpc) is 2.63. The van der Waals surface area contributed by atoms with Crippen molar-refractivity contribution in [3.8, 4) is 0 Å². The van der Waals surface area contributed by atoms with Gasteiger partial charge in [-0.1, -0.05) is 74.8 Å². The fraction of sp³-hybridized carbons (Fsp3) is 0.409. The lowest BCUT2D eigenvalue weighted by atomic mass is 9.87. The van der Waals surface area contributed by atoms with Crippen LogP contribution in [0.4, 0.5) is 0 Å². The molecule has 4 heteroatoms. The summed E-state index contributed by atoms with van der Waals surface area (Å²) in [6.45, 7) is 11.8. The Bertz CT molecular complexity index is 739. The number of rotatable bonds is 4. The highest BCUT2D eigenvalue weighted by molar-refractivity contribution is 6.31. The molecule has 1 aliphatic heterocycles. The molecule has 0 spiro atoms. The fourth-order valence-corrected chi connectivity index (χ4v) is 3.43. The van der Waals surface area contributed by atoms with Crippen LogP contribution < -0.4 is 4.90 Å². The topological polar surface area (TPSA) is 20.0 Å². The molecular formula is C22H29ClN3+. The van der Waals surface area contributed by atoms with Crippen LogP contribution in [0, 0.1) is 0 Å². The Balaban J connectivity index is 1.51. The minimum atomic E-state index is 0.191. The first-order valence-corrected chi connectivity index (χ1v) is 9.76. The summed E-state index contributed by atoms with van der Waals surface area (Å²) < 4.78 is 0. The molecule has 2 aromatic carbocycles. The number of quaternary nitrogens is 1. The van der Waals surface area contributed by atoms with Crippen LogP contribution in [0.5, 0.6) is 0 Å². The van der Waals surface area contributed by atoms with Crippen molar-refractivity contribution in [2.75, 3.05) is 26.2 Å². The summed E-state index contributed by atoms with van der Waals surface area (Å²) in [7, 11) is 0. The predicted molar refractivity (Wildman–Crippen MR) is 110 cm³/mol. The van der Waals surface area contributed by atoms with Crippen molar-refractivity contribution in [2.24, 2.45) is 5.10 Å². The molecule has 0 amide bonds. The second-order valence-corrected chi connectivity index (χ2v) is 8.50. The van der Waals surface area contributed by atoms with E-state index in [4.69, 9.17) is 11.6 Å². The largest absolute Gasteiger partial charge is 0.328 e. The number of hydrogen-bond donors (Lipinski definition) is 1. The van der Waals surface area contributed by atoms with Crippen molar-refractivity contribution in [1.82, 2.24) is 5.01 Å². The molecular weight excluding hydrogens is 342 g/mol. The molecule has 0 saturated carbocycles. The van der Waals surface area contributed by atoms with E-state index in [9.17, 15) is 0 Å². The lowest BCUT2D eigenvalue weighted by molar-refractivity contribution is -0.918. The first kappa shape index (κ1) is 18.9. The summed E-state index contributed by atoms with van der Waals surface area (Å²) in [5, 5.41) is 7.72. The molecule has 2 aromatic rings. The van der Waals surface area contributed by atoms with Gasteiger partial charge in [-0.25, -0.2) is 0 Å². The number of nitrogens with one attached hydrogen (secondary N) is 1. The third-order valence-electron chi connectivity index (χ3n) is 4.99. The van der Waals surface area contributed by atoms with Gasteiger partial charge in [0.2, 0.25) is 0 Å². The van der Waals surface area contributed by atoms with E-state index < -0.39 is 0 Å². The Kier molecular flexibility index (Phi) is 6.00. The smallest absolute Gasteiger partial charge is 0.104 e. The van der Waals surface area contributed by atoms with Crippen molar-refractivity contribution in [1.29, 1.82) is 0 Å². The van der Waals surface area contributed by atoms with Gasteiger partial charge >= 0.3 is 0 Å². The Morgan fingerprint density at radius 3 is 2.31 bits per heavy atom.